The number of nitriles is 1. The van der Waals surface area contributed by atoms with Crippen LogP contribution in [0.15, 0.2) is 66.4 Å². The number of nitrogens with zero attached hydrogens (tertiary/aromatic N) is 1. The summed E-state index contributed by atoms with van der Waals surface area (Å²) in [6.45, 7) is 3.35. The average molecular weight is 333 g/mol. The van der Waals surface area contributed by atoms with E-state index in [-0.39, 0.29) is 17.4 Å². The molecule has 1 unspecified atom stereocenters. The predicted molar refractivity (Wildman–Crippen MR) is 96.8 cm³/mol. The molecule has 0 aliphatic rings. The first-order chi connectivity index (χ1) is 12.0. The summed E-state index contributed by atoms with van der Waals surface area (Å²) < 4.78 is 0. The number of hydrogen-bond donors (Lipinski definition) is 2. The van der Waals surface area contributed by atoms with Crippen molar-refractivity contribution >= 4 is 17.4 Å². The molecule has 0 fully saturated rings. The monoisotopic (exact) mass is 333 g/mol. The van der Waals surface area contributed by atoms with Gasteiger partial charge in [-0.15, -0.1) is 0 Å². The van der Waals surface area contributed by atoms with Crippen molar-refractivity contribution in [1.29, 1.82) is 5.26 Å². The van der Waals surface area contributed by atoms with Gasteiger partial charge in [0.25, 0.3) is 5.91 Å². The maximum absolute atomic E-state index is 12.2. The number of hydrogen-bond acceptors (Lipinski definition) is 4. The van der Waals surface area contributed by atoms with Crippen LogP contribution in [0, 0.1) is 11.3 Å². The molecule has 0 heterocycles. The molecule has 2 aromatic carbocycles. The Kier molecular flexibility index (Phi) is 6.08. The molecule has 0 aliphatic heterocycles. The van der Waals surface area contributed by atoms with Crippen LogP contribution in [-0.4, -0.2) is 11.7 Å². The van der Waals surface area contributed by atoms with Crippen molar-refractivity contribution in [3.63, 3.8) is 0 Å². The fourth-order valence-electron chi connectivity index (χ4n) is 2.20. The number of carbonyl (C=O) groups is 2. The van der Waals surface area contributed by atoms with Crippen LogP contribution in [0.25, 0.3) is 0 Å². The van der Waals surface area contributed by atoms with Gasteiger partial charge in [0.1, 0.15) is 11.6 Å². The molecule has 0 saturated heterocycles. The number of rotatable bonds is 6. The van der Waals surface area contributed by atoms with E-state index in [4.69, 9.17) is 0 Å². The first-order valence-corrected chi connectivity index (χ1v) is 7.85. The third-order valence-corrected chi connectivity index (χ3v) is 3.69. The minimum absolute atomic E-state index is 0.0194. The molecule has 5 heteroatoms. The van der Waals surface area contributed by atoms with Crippen molar-refractivity contribution in [2.24, 2.45) is 0 Å². The Morgan fingerprint density at radius 3 is 2.28 bits per heavy atom. The first kappa shape index (κ1) is 18.0. The Balaban J connectivity index is 2.02. The number of ketones is 1. The van der Waals surface area contributed by atoms with Crippen LogP contribution < -0.4 is 10.6 Å². The Bertz CT molecular complexity index is 818. The van der Waals surface area contributed by atoms with E-state index >= 15 is 0 Å². The van der Waals surface area contributed by atoms with Gasteiger partial charge in [0.15, 0.2) is 5.78 Å². The smallest absolute Gasteiger partial charge is 0.263 e. The molecule has 0 radical (unpaired) electrons. The standard InChI is InChI=1S/C20H19N3O2/c1-14(16-6-4-3-5-7-16)23-20(25)18(12-21)13-22-19-10-8-17(9-11-19)15(2)24/h3-11,13-14,22H,1-2H3,(H,23,25)/b18-13-. The van der Waals surface area contributed by atoms with E-state index in [0.29, 0.717) is 11.3 Å². The molecule has 0 aromatic heterocycles. The highest BCUT2D eigenvalue weighted by atomic mass is 16.1. The molecule has 2 N–H and O–H groups in total. The molecule has 0 spiro atoms. The van der Waals surface area contributed by atoms with Gasteiger partial charge in [0.2, 0.25) is 0 Å². The maximum atomic E-state index is 12.2. The number of Topliss-reactive ketones (excluding diaryl/α,β-unsaturated/α-hetero) is 1. The van der Waals surface area contributed by atoms with E-state index < -0.39 is 5.91 Å². The van der Waals surface area contributed by atoms with Gasteiger partial charge in [-0.1, -0.05) is 30.3 Å². The zero-order valence-corrected chi connectivity index (χ0v) is 14.1. The Labute approximate surface area is 147 Å². The maximum Gasteiger partial charge on any atom is 0.263 e. The number of carbonyl (C=O) groups excluding carboxylic acids is 2. The van der Waals surface area contributed by atoms with E-state index in [9.17, 15) is 14.9 Å². The summed E-state index contributed by atoms with van der Waals surface area (Å²) in [6.07, 6.45) is 1.36. The summed E-state index contributed by atoms with van der Waals surface area (Å²) in [5.41, 5.74) is 2.21. The molecule has 25 heavy (non-hydrogen) atoms. The number of anilines is 1. The minimum Gasteiger partial charge on any atom is -0.360 e. The zero-order chi connectivity index (χ0) is 18.2. The van der Waals surface area contributed by atoms with Crippen molar-refractivity contribution in [1.82, 2.24) is 5.32 Å². The van der Waals surface area contributed by atoms with Crippen LogP contribution in [-0.2, 0) is 4.79 Å². The largest absolute Gasteiger partial charge is 0.360 e. The predicted octanol–water partition coefficient (Wildman–Crippen LogP) is 3.59. The van der Waals surface area contributed by atoms with Crippen molar-refractivity contribution in [3.8, 4) is 6.07 Å². The van der Waals surface area contributed by atoms with Crippen LogP contribution >= 0.6 is 0 Å². The Hall–Kier alpha value is -3.39. The van der Waals surface area contributed by atoms with Crippen LogP contribution in [0.3, 0.4) is 0 Å². The number of amides is 1. The highest BCUT2D eigenvalue weighted by molar-refractivity contribution is 5.98. The van der Waals surface area contributed by atoms with Gasteiger partial charge in [0, 0.05) is 17.5 Å². The summed E-state index contributed by atoms with van der Waals surface area (Å²) in [6, 6.07) is 18.0. The fourth-order valence-corrected chi connectivity index (χ4v) is 2.20. The van der Waals surface area contributed by atoms with Gasteiger partial charge in [-0.05, 0) is 43.7 Å². The first-order valence-electron chi connectivity index (χ1n) is 7.85. The van der Waals surface area contributed by atoms with E-state index in [0.717, 1.165) is 5.56 Å². The third kappa shape index (κ3) is 5.05. The van der Waals surface area contributed by atoms with Crippen molar-refractivity contribution < 1.29 is 9.59 Å². The zero-order valence-electron chi connectivity index (χ0n) is 14.1. The highest BCUT2D eigenvalue weighted by Gasteiger charge is 2.13. The van der Waals surface area contributed by atoms with Crippen LogP contribution in [0.5, 0.6) is 0 Å². The summed E-state index contributed by atoms with van der Waals surface area (Å²) >= 11 is 0. The van der Waals surface area contributed by atoms with Gasteiger partial charge in [-0.3, -0.25) is 9.59 Å². The van der Waals surface area contributed by atoms with Gasteiger partial charge >= 0.3 is 0 Å². The molecular weight excluding hydrogens is 314 g/mol. The summed E-state index contributed by atoms with van der Waals surface area (Å²) in [4.78, 5) is 23.5. The Morgan fingerprint density at radius 1 is 1.08 bits per heavy atom. The average Bonchev–Trinajstić information content (AvgIpc) is 2.63. The van der Waals surface area contributed by atoms with E-state index in [1.54, 1.807) is 24.3 Å². The molecule has 1 amide bonds. The topological polar surface area (TPSA) is 82.0 Å². The molecule has 5 nitrogen and oxygen atoms in total. The quantitative estimate of drug-likeness (QED) is 0.481. The fraction of sp³-hybridized carbons (Fsp3) is 0.150. The second-order valence-electron chi connectivity index (χ2n) is 5.55. The van der Waals surface area contributed by atoms with Crippen LogP contribution in [0.1, 0.15) is 35.8 Å². The second kappa shape index (κ2) is 8.46. The van der Waals surface area contributed by atoms with Crippen molar-refractivity contribution in [2.75, 3.05) is 5.32 Å². The molecule has 0 bridgehead atoms. The summed E-state index contributed by atoms with van der Waals surface area (Å²) in [5.74, 6) is -0.471. The lowest BCUT2D eigenvalue weighted by molar-refractivity contribution is -0.117. The van der Waals surface area contributed by atoms with Crippen LogP contribution in [0.2, 0.25) is 0 Å². The molecular formula is C20H19N3O2. The van der Waals surface area contributed by atoms with Gasteiger partial charge in [0.05, 0.1) is 6.04 Å². The molecule has 2 rings (SSSR count). The summed E-state index contributed by atoms with van der Waals surface area (Å²) in [7, 11) is 0. The van der Waals surface area contributed by atoms with Gasteiger partial charge in [-0.25, -0.2) is 0 Å². The third-order valence-electron chi connectivity index (χ3n) is 3.69. The molecule has 2 aromatic rings. The lowest BCUT2D eigenvalue weighted by Gasteiger charge is -2.13. The number of nitrogens with one attached hydrogen (secondary N) is 2. The Morgan fingerprint density at radius 2 is 1.72 bits per heavy atom. The SMILES string of the molecule is CC(=O)c1ccc(N/C=C(/C#N)C(=O)NC(C)c2ccccc2)cc1. The summed E-state index contributed by atoms with van der Waals surface area (Å²) in [5, 5.41) is 14.9. The molecule has 0 saturated carbocycles. The van der Waals surface area contributed by atoms with Gasteiger partial charge in [-0.2, -0.15) is 5.26 Å². The minimum atomic E-state index is -0.452. The molecule has 126 valence electrons. The van der Waals surface area contributed by atoms with E-state index in [2.05, 4.69) is 10.6 Å². The van der Waals surface area contributed by atoms with E-state index in [1.807, 2.05) is 43.3 Å². The van der Waals surface area contributed by atoms with Crippen LogP contribution in [0.4, 0.5) is 5.69 Å². The van der Waals surface area contributed by atoms with Crippen molar-refractivity contribution in [2.45, 2.75) is 19.9 Å². The lowest BCUT2D eigenvalue weighted by atomic mass is 10.1. The van der Waals surface area contributed by atoms with Gasteiger partial charge < -0.3 is 10.6 Å². The molecule has 1 atom stereocenters. The normalized spacial score (nSPS) is 12.0. The molecule has 0 aliphatic carbocycles. The lowest BCUT2D eigenvalue weighted by Crippen LogP contribution is -2.28. The van der Waals surface area contributed by atoms with E-state index in [1.165, 1.54) is 13.1 Å². The van der Waals surface area contributed by atoms with Crippen molar-refractivity contribution in [3.05, 3.63) is 77.5 Å². The second-order valence-corrected chi connectivity index (χ2v) is 5.55. The number of benzene rings is 2. The highest BCUT2D eigenvalue weighted by Crippen LogP contribution is 2.13.